The van der Waals surface area contributed by atoms with E-state index in [-0.39, 0.29) is 11.5 Å². The minimum atomic E-state index is 0.239. The summed E-state index contributed by atoms with van der Waals surface area (Å²) in [5.41, 5.74) is 1.63. The van der Waals surface area contributed by atoms with Gasteiger partial charge in [-0.3, -0.25) is 4.99 Å². The van der Waals surface area contributed by atoms with Gasteiger partial charge in [-0.05, 0) is 37.3 Å². The van der Waals surface area contributed by atoms with Gasteiger partial charge < -0.3 is 20.1 Å². The monoisotopic (exact) mass is 409 g/mol. The number of hydrogen-bond donors (Lipinski definition) is 2. The lowest BCUT2D eigenvalue weighted by molar-refractivity contribution is 0.0420. The van der Waals surface area contributed by atoms with Crippen molar-refractivity contribution >= 4 is 21.9 Å². The third kappa shape index (κ3) is 5.19. The van der Waals surface area contributed by atoms with E-state index in [0.29, 0.717) is 0 Å². The van der Waals surface area contributed by atoms with Gasteiger partial charge in [0, 0.05) is 43.2 Å². The van der Waals surface area contributed by atoms with Crippen LogP contribution in [0.3, 0.4) is 0 Å². The predicted octanol–water partition coefficient (Wildman–Crippen LogP) is 2.84. The molecule has 1 aliphatic heterocycles. The fraction of sp³-hybridized carbons (Fsp3) is 0.632. The Morgan fingerprint density at radius 1 is 1.36 bits per heavy atom. The zero-order valence-electron chi connectivity index (χ0n) is 14.9. The topological polar surface area (TPSA) is 54.9 Å². The van der Waals surface area contributed by atoms with Crippen molar-refractivity contribution in [2.45, 2.75) is 37.2 Å². The van der Waals surface area contributed by atoms with E-state index in [2.05, 4.69) is 55.8 Å². The standard InChI is InChI=1S/C19H28BrN3O2/c1-21-18(22-10-4-11-25-15-7-12-24-13-15)23-14-19(8-9-19)16-5-2-3-6-17(16)20/h2-3,5-6,15H,4,7-14H2,1H3,(H2,21,22,23). The minimum absolute atomic E-state index is 0.239. The molecule has 25 heavy (non-hydrogen) atoms. The van der Waals surface area contributed by atoms with Gasteiger partial charge in [-0.2, -0.15) is 0 Å². The molecular formula is C19H28BrN3O2. The van der Waals surface area contributed by atoms with E-state index in [1.807, 2.05) is 7.05 Å². The maximum absolute atomic E-state index is 5.78. The highest BCUT2D eigenvalue weighted by Crippen LogP contribution is 2.49. The molecule has 1 aromatic rings. The molecule has 0 amide bonds. The lowest BCUT2D eigenvalue weighted by Gasteiger charge is -2.20. The van der Waals surface area contributed by atoms with Crippen molar-refractivity contribution in [1.29, 1.82) is 0 Å². The second-order valence-corrected chi connectivity index (χ2v) is 7.68. The largest absolute Gasteiger partial charge is 0.379 e. The van der Waals surface area contributed by atoms with Gasteiger partial charge in [0.15, 0.2) is 5.96 Å². The lowest BCUT2D eigenvalue weighted by atomic mass is 9.96. The normalized spacial score (nSPS) is 22.0. The van der Waals surface area contributed by atoms with Gasteiger partial charge in [0.2, 0.25) is 0 Å². The first kappa shape index (κ1) is 18.7. The van der Waals surface area contributed by atoms with E-state index in [1.165, 1.54) is 22.9 Å². The molecule has 2 N–H and O–H groups in total. The van der Waals surface area contributed by atoms with Gasteiger partial charge in [-0.25, -0.2) is 0 Å². The molecule has 138 valence electrons. The highest BCUT2D eigenvalue weighted by molar-refractivity contribution is 9.10. The molecule has 1 atom stereocenters. The Balaban J connectivity index is 1.37. The predicted molar refractivity (Wildman–Crippen MR) is 104 cm³/mol. The first-order chi connectivity index (χ1) is 12.2. The van der Waals surface area contributed by atoms with Crippen molar-refractivity contribution < 1.29 is 9.47 Å². The number of rotatable bonds is 8. The summed E-state index contributed by atoms with van der Waals surface area (Å²) in [5, 5.41) is 6.86. The van der Waals surface area contributed by atoms with Gasteiger partial charge in [0.25, 0.3) is 0 Å². The van der Waals surface area contributed by atoms with Crippen LogP contribution in [0.5, 0.6) is 0 Å². The van der Waals surface area contributed by atoms with E-state index < -0.39 is 0 Å². The van der Waals surface area contributed by atoms with E-state index in [4.69, 9.17) is 9.47 Å². The summed E-state index contributed by atoms with van der Waals surface area (Å²) in [6.07, 6.45) is 4.71. The molecule has 1 heterocycles. The summed E-state index contributed by atoms with van der Waals surface area (Å²) < 4.78 is 12.3. The summed E-state index contributed by atoms with van der Waals surface area (Å²) in [7, 11) is 1.82. The molecule has 6 heteroatoms. The summed E-state index contributed by atoms with van der Waals surface area (Å²) in [4.78, 5) is 4.33. The number of ether oxygens (including phenoxy) is 2. The highest BCUT2D eigenvalue weighted by atomic mass is 79.9. The fourth-order valence-corrected chi connectivity index (χ4v) is 3.94. The van der Waals surface area contributed by atoms with Crippen molar-refractivity contribution in [2.24, 2.45) is 4.99 Å². The van der Waals surface area contributed by atoms with Crippen molar-refractivity contribution in [1.82, 2.24) is 10.6 Å². The molecule has 2 fully saturated rings. The van der Waals surface area contributed by atoms with Crippen LogP contribution in [0, 0.1) is 0 Å². The summed E-state index contributed by atoms with van der Waals surface area (Å²) in [5.74, 6) is 0.863. The number of benzene rings is 1. The van der Waals surface area contributed by atoms with Crippen molar-refractivity contribution in [3.8, 4) is 0 Å². The SMILES string of the molecule is CN=C(NCCCOC1CCOC1)NCC1(c2ccccc2Br)CC1. The molecule has 1 aromatic carbocycles. The summed E-state index contributed by atoms with van der Waals surface area (Å²) in [6.45, 7) is 4.10. The van der Waals surface area contributed by atoms with Crippen LogP contribution in [0.2, 0.25) is 0 Å². The Labute approximate surface area is 158 Å². The molecule has 2 aliphatic rings. The zero-order valence-corrected chi connectivity index (χ0v) is 16.5. The molecule has 0 radical (unpaired) electrons. The van der Waals surface area contributed by atoms with E-state index in [0.717, 1.165) is 51.7 Å². The molecule has 0 spiro atoms. The van der Waals surface area contributed by atoms with Gasteiger partial charge in [-0.1, -0.05) is 34.1 Å². The lowest BCUT2D eigenvalue weighted by Crippen LogP contribution is -2.41. The molecule has 1 unspecified atom stereocenters. The van der Waals surface area contributed by atoms with E-state index in [1.54, 1.807) is 0 Å². The smallest absolute Gasteiger partial charge is 0.191 e. The Bertz CT molecular complexity index is 584. The number of nitrogens with one attached hydrogen (secondary N) is 2. The molecule has 0 bridgehead atoms. The Hall–Kier alpha value is -1.11. The number of nitrogens with zero attached hydrogens (tertiary/aromatic N) is 1. The first-order valence-electron chi connectivity index (χ1n) is 9.12. The third-order valence-corrected chi connectivity index (χ3v) is 5.66. The van der Waals surface area contributed by atoms with Gasteiger partial charge in [-0.15, -0.1) is 0 Å². The second kappa shape index (κ2) is 9.01. The summed E-state index contributed by atoms with van der Waals surface area (Å²) in [6, 6.07) is 8.52. The Kier molecular flexibility index (Phi) is 6.73. The van der Waals surface area contributed by atoms with Crippen LogP contribution in [-0.2, 0) is 14.9 Å². The minimum Gasteiger partial charge on any atom is -0.379 e. The molecule has 1 saturated carbocycles. The van der Waals surface area contributed by atoms with Crippen LogP contribution >= 0.6 is 15.9 Å². The van der Waals surface area contributed by atoms with Gasteiger partial charge in [0.1, 0.15) is 0 Å². The van der Waals surface area contributed by atoms with Crippen LogP contribution in [0.25, 0.3) is 0 Å². The number of aliphatic imine (C=N–C) groups is 1. The molecule has 5 nitrogen and oxygen atoms in total. The van der Waals surface area contributed by atoms with Crippen LogP contribution < -0.4 is 10.6 Å². The van der Waals surface area contributed by atoms with Crippen molar-refractivity contribution in [3.05, 3.63) is 34.3 Å². The maximum Gasteiger partial charge on any atom is 0.191 e. The summed E-state index contributed by atoms with van der Waals surface area (Å²) >= 11 is 3.69. The third-order valence-electron chi connectivity index (χ3n) is 4.97. The maximum atomic E-state index is 5.78. The van der Waals surface area contributed by atoms with Crippen LogP contribution in [0.1, 0.15) is 31.2 Å². The molecule has 3 rings (SSSR count). The first-order valence-corrected chi connectivity index (χ1v) is 9.92. The van der Waals surface area contributed by atoms with Crippen LogP contribution in [0.15, 0.2) is 33.7 Å². The zero-order chi connectivity index (χ0) is 17.5. The number of guanidine groups is 1. The molecule has 0 aromatic heterocycles. The number of halogens is 1. The average molecular weight is 410 g/mol. The van der Waals surface area contributed by atoms with Gasteiger partial charge in [0.05, 0.1) is 12.7 Å². The van der Waals surface area contributed by atoms with Crippen molar-refractivity contribution in [2.75, 3.05) is 40.0 Å². The molecular weight excluding hydrogens is 382 g/mol. The Morgan fingerprint density at radius 2 is 2.20 bits per heavy atom. The van der Waals surface area contributed by atoms with Crippen molar-refractivity contribution in [3.63, 3.8) is 0 Å². The molecule has 1 saturated heterocycles. The average Bonchev–Trinajstić information content (AvgIpc) is 3.23. The van der Waals surface area contributed by atoms with E-state index in [9.17, 15) is 0 Å². The molecule has 1 aliphatic carbocycles. The fourth-order valence-electron chi connectivity index (χ4n) is 3.23. The number of hydrogen-bond acceptors (Lipinski definition) is 3. The van der Waals surface area contributed by atoms with Crippen LogP contribution in [0.4, 0.5) is 0 Å². The quantitative estimate of drug-likeness (QED) is 0.393. The second-order valence-electron chi connectivity index (χ2n) is 6.82. The van der Waals surface area contributed by atoms with E-state index >= 15 is 0 Å². The Morgan fingerprint density at radius 3 is 2.88 bits per heavy atom. The van der Waals surface area contributed by atoms with Gasteiger partial charge >= 0.3 is 0 Å². The van der Waals surface area contributed by atoms with Crippen LogP contribution in [-0.4, -0.2) is 52.0 Å². The highest BCUT2D eigenvalue weighted by Gasteiger charge is 2.45.